The van der Waals surface area contributed by atoms with Gasteiger partial charge in [-0.05, 0) is 12.3 Å². The largest absolute Gasteiger partial charge is 0.381 e. The number of rotatable bonds is 3. The zero-order valence-electron chi connectivity index (χ0n) is 7.11. The van der Waals surface area contributed by atoms with Gasteiger partial charge in [-0.1, -0.05) is 19.3 Å². The van der Waals surface area contributed by atoms with E-state index in [1.165, 1.54) is 25.7 Å². The van der Waals surface area contributed by atoms with Crippen LogP contribution in [0.5, 0.6) is 0 Å². The van der Waals surface area contributed by atoms with Crippen LogP contribution in [0.4, 0.5) is 5.82 Å². The zero-order valence-corrected chi connectivity index (χ0v) is 7.11. The summed E-state index contributed by atoms with van der Waals surface area (Å²) in [6.45, 7) is 0.919. The normalized spacial score (nSPS) is 17.7. The van der Waals surface area contributed by atoms with Gasteiger partial charge < -0.3 is 5.73 Å². The van der Waals surface area contributed by atoms with Crippen molar-refractivity contribution in [3.05, 3.63) is 6.20 Å². The van der Waals surface area contributed by atoms with E-state index in [9.17, 15) is 0 Å². The molecule has 1 fully saturated rings. The molecule has 1 aliphatic rings. The van der Waals surface area contributed by atoms with E-state index in [2.05, 4.69) is 10.2 Å². The van der Waals surface area contributed by atoms with Crippen molar-refractivity contribution in [2.24, 2.45) is 5.92 Å². The van der Waals surface area contributed by atoms with Gasteiger partial charge in [0, 0.05) is 0 Å². The fourth-order valence-corrected chi connectivity index (χ4v) is 1.50. The minimum absolute atomic E-state index is 0.517. The van der Waals surface area contributed by atoms with Crippen molar-refractivity contribution in [3.8, 4) is 0 Å². The lowest BCUT2D eigenvalue weighted by atomic mass is 9.83. The number of aryl methyl sites for hydroxylation is 1. The van der Waals surface area contributed by atoms with Crippen molar-refractivity contribution < 1.29 is 0 Å². The fourth-order valence-electron chi connectivity index (χ4n) is 1.50. The molecule has 0 unspecified atom stereocenters. The second-order valence-electron chi connectivity index (χ2n) is 3.45. The average Bonchev–Trinajstić information content (AvgIpc) is 2.32. The summed E-state index contributed by atoms with van der Waals surface area (Å²) in [5, 5.41) is 8.05. The SMILES string of the molecule is Nc1cnn(CCC2CCC2)n1. The molecule has 4 heteroatoms. The molecule has 12 heavy (non-hydrogen) atoms. The quantitative estimate of drug-likeness (QED) is 0.730. The predicted octanol–water partition coefficient (Wildman–Crippen LogP) is 1.05. The van der Waals surface area contributed by atoms with Crippen LogP contribution in [0.3, 0.4) is 0 Å². The van der Waals surface area contributed by atoms with Crippen molar-refractivity contribution in [2.75, 3.05) is 5.73 Å². The van der Waals surface area contributed by atoms with Crippen LogP contribution >= 0.6 is 0 Å². The van der Waals surface area contributed by atoms with Gasteiger partial charge in [-0.25, -0.2) is 0 Å². The van der Waals surface area contributed by atoms with Crippen molar-refractivity contribution >= 4 is 5.82 Å². The highest BCUT2D eigenvalue weighted by Gasteiger charge is 2.16. The second kappa shape index (κ2) is 3.13. The molecule has 1 aromatic rings. The highest BCUT2D eigenvalue weighted by atomic mass is 15.5. The number of nitrogens with two attached hydrogens (primary N) is 1. The number of nitrogen functional groups attached to an aromatic ring is 1. The molecule has 0 spiro atoms. The van der Waals surface area contributed by atoms with Gasteiger partial charge >= 0.3 is 0 Å². The van der Waals surface area contributed by atoms with Crippen LogP contribution in [-0.4, -0.2) is 15.0 Å². The van der Waals surface area contributed by atoms with Gasteiger partial charge in [0.05, 0.1) is 12.7 Å². The molecule has 0 saturated heterocycles. The summed E-state index contributed by atoms with van der Waals surface area (Å²) in [7, 11) is 0. The molecular weight excluding hydrogens is 152 g/mol. The average molecular weight is 166 g/mol. The van der Waals surface area contributed by atoms with E-state index in [-0.39, 0.29) is 0 Å². The third-order valence-corrected chi connectivity index (χ3v) is 2.52. The number of hydrogen-bond donors (Lipinski definition) is 1. The highest BCUT2D eigenvalue weighted by Crippen LogP contribution is 2.29. The molecule has 1 aliphatic carbocycles. The first-order valence-electron chi connectivity index (χ1n) is 4.50. The second-order valence-corrected chi connectivity index (χ2v) is 3.45. The van der Waals surface area contributed by atoms with Gasteiger partial charge in [0.25, 0.3) is 0 Å². The Morgan fingerprint density at radius 3 is 2.92 bits per heavy atom. The van der Waals surface area contributed by atoms with Gasteiger partial charge in [0.15, 0.2) is 5.82 Å². The third kappa shape index (κ3) is 1.57. The van der Waals surface area contributed by atoms with Crippen LogP contribution in [0.15, 0.2) is 6.20 Å². The maximum atomic E-state index is 5.44. The molecule has 0 atom stereocenters. The molecule has 2 rings (SSSR count). The molecule has 2 N–H and O–H groups in total. The summed E-state index contributed by atoms with van der Waals surface area (Å²) in [6.07, 6.45) is 6.97. The van der Waals surface area contributed by atoms with E-state index in [0.717, 1.165) is 12.5 Å². The Hall–Kier alpha value is -1.06. The lowest BCUT2D eigenvalue weighted by Gasteiger charge is -2.24. The molecule has 1 aromatic heterocycles. The van der Waals surface area contributed by atoms with Gasteiger partial charge in [0.1, 0.15) is 0 Å². The zero-order chi connectivity index (χ0) is 8.39. The molecule has 4 nitrogen and oxygen atoms in total. The van der Waals surface area contributed by atoms with E-state index in [1.54, 1.807) is 11.0 Å². The molecule has 0 bridgehead atoms. The fraction of sp³-hybridized carbons (Fsp3) is 0.750. The molecule has 1 saturated carbocycles. The summed E-state index contributed by atoms with van der Waals surface area (Å²) in [5.74, 6) is 1.43. The predicted molar refractivity (Wildman–Crippen MR) is 46.4 cm³/mol. The topological polar surface area (TPSA) is 56.7 Å². The highest BCUT2D eigenvalue weighted by molar-refractivity contribution is 5.19. The standard InChI is InChI=1S/C8H14N4/c9-8-6-10-12(11-8)5-4-7-2-1-3-7/h6-7H,1-5H2,(H2,9,11). The number of anilines is 1. The van der Waals surface area contributed by atoms with Crippen LogP contribution in [0, 0.1) is 5.92 Å². The summed E-state index contributed by atoms with van der Waals surface area (Å²) in [6, 6.07) is 0. The molecule has 0 amide bonds. The first-order chi connectivity index (χ1) is 5.84. The van der Waals surface area contributed by atoms with Gasteiger partial charge in [0.2, 0.25) is 0 Å². The third-order valence-electron chi connectivity index (χ3n) is 2.52. The molecule has 66 valence electrons. The first kappa shape index (κ1) is 7.58. The van der Waals surface area contributed by atoms with E-state index < -0.39 is 0 Å². The van der Waals surface area contributed by atoms with E-state index in [4.69, 9.17) is 5.73 Å². The Kier molecular flexibility index (Phi) is 1.98. The van der Waals surface area contributed by atoms with E-state index >= 15 is 0 Å². The Labute approximate surface area is 71.8 Å². The minimum Gasteiger partial charge on any atom is -0.381 e. The minimum atomic E-state index is 0.517. The van der Waals surface area contributed by atoms with Gasteiger partial charge in [-0.15, -0.1) is 5.10 Å². The summed E-state index contributed by atoms with van der Waals surface area (Å²) < 4.78 is 0. The van der Waals surface area contributed by atoms with Gasteiger partial charge in [-0.3, -0.25) is 0 Å². The number of aromatic nitrogens is 3. The lowest BCUT2D eigenvalue weighted by molar-refractivity contribution is 0.272. The lowest BCUT2D eigenvalue weighted by Crippen LogP contribution is -2.15. The van der Waals surface area contributed by atoms with Crippen molar-refractivity contribution in [2.45, 2.75) is 32.2 Å². The summed E-state index contributed by atoms with van der Waals surface area (Å²) >= 11 is 0. The van der Waals surface area contributed by atoms with Crippen LogP contribution < -0.4 is 5.73 Å². The van der Waals surface area contributed by atoms with Crippen LogP contribution in [0.1, 0.15) is 25.7 Å². The molecule has 0 radical (unpaired) electrons. The van der Waals surface area contributed by atoms with Crippen molar-refractivity contribution in [1.82, 2.24) is 15.0 Å². The maximum absolute atomic E-state index is 5.44. The van der Waals surface area contributed by atoms with E-state index in [0.29, 0.717) is 5.82 Å². The Morgan fingerprint density at radius 1 is 1.58 bits per heavy atom. The molecule has 1 heterocycles. The Balaban J connectivity index is 1.79. The Bertz CT molecular complexity index is 251. The Morgan fingerprint density at radius 2 is 2.42 bits per heavy atom. The number of hydrogen-bond acceptors (Lipinski definition) is 3. The van der Waals surface area contributed by atoms with Gasteiger partial charge in [-0.2, -0.15) is 9.90 Å². The van der Waals surface area contributed by atoms with Crippen LogP contribution in [0.25, 0.3) is 0 Å². The van der Waals surface area contributed by atoms with Crippen molar-refractivity contribution in [3.63, 3.8) is 0 Å². The number of nitrogens with zero attached hydrogens (tertiary/aromatic N) is 3. The summed E-state index contributed by atoms with van der Waals surface area (Å²) in [4.78, 5) is 1.69. The maximum Gasteiger partial charge on any atom is 0.165 e. The molecule has 0 aromatic carbocycles. The first-order valence-corrected chi connectivity index (χ1v) is 4.50. The summed E-state index contributed by atoms with van der Waals surface area (Å²) in [5.41, 5.74) is 5.44. The molecule has 0 aliphatic heterocycles. The monoisotopic (exact) mass is 166 g/mol. The smallest absolute Gasteiger partial charge is 0.165 e. The molecular formula is C8H14N4. The van der Waals surface area contributed by atoms with E-state index in [1.807, 2.05) is 0 Å². The van der Waals surface area contributed by atoms with Crippen LogP contribution in [-0.2, 0) is 6.54 Å². The van der Waals surface area contributed by atoms with Crippen molar-refractivity contribution in [1.29, 1.82) is 0 Å². The van der Waals surface area contributed by atoms with Crippen LogP contribution in [0.2, 0.25) is 0 Å².